The fraction of sp³-hybridized carbons (Fsp3) is 0.467. The zero-order chi connectivity index (χ0) is 14.7. The number of nitrogens with one attached hydrogen (secondary N) is 1. The van der Waals surface area contributed by atoms with Gasteiger partial charge in [-0.1, -0.05) is 12.8 Å². The summed E-state index contributed by atoms with van der Waals surface area (Å²) in [5.41, 5.74) is -0.750. The van der Waals surface area contributed by atoms with Gasteiger partial charge < -0.3 is 14.8 Å². The fourth-order valence-corrected chi connectivity index (χ4v) is 2.68. The van der Waals surface area contributed by atoms with Gasteiger partial charge in [0, 0.05) is 18.9 Å². The average Bonchev–Trinajstić information content (AvgIpc) is 3.19. The van der Waals surface area contributed by atoms with Gasteiger partial charge in [-0.2, -0.15) is 5.10 Å². The summed E-state index contributed by atoms with van der Waals surface area (Å²) in [5, 5.41) is 17.0. The summed E-state index contributed by atoms with van der Waals surface area (Å²) in [6, 6.07) is 5.24. The summed E-state index contributed by atoms with van der Waals surface area (Å²) in [7, 11) is 0. The van der Waals surface area contributed by atoms with Crippen LogP contribution in [0.1, 0.15) is 42.0 Å². The Balaban J connectivity index is 1.56. The van der Waals surface area contributed by atoms with Crippen LogP contribution in [0.5, 0.6) is 0 Å². The molecule has 3 rings (SSSR count). The highest BCUT2D eigenvalue weighted by molar-refractivity contribution is 5.91. The van der Waals surface area contributed by atoms with E-state index in [-0.39, 0.29) is 18.2 Å². The molecule has 2 aromatic heterocycles. The van der Waals surface area contributed by atoms with Gasteiger partial charge in [0.05, 0.1) is 12.1 Å². The van der Waals surface area contributed by atoms with Gasteiger partial charge in [-0.05, 0) is 31.0 Å². The maximum absolute atomic E-state index is 12.0. The minimum Gasteiger partial charge on any atom is -0.454 e. The monoisotopic (exact) mass is 289 g/mol. The molecule has 2 aromatic rings. The molecule has 0 spiro atoms. The molecule has 6 heteroatoms. The van der Waals surface area contributed by atoms with E-state index in [0.717, 1.165) is 25.7 Å². The van der Waals surface area contributed by atoms with Gasteiger partial charge in [0.2, 0.25) is 0 Å². The molecule has 2 N–H and O–H groups in total. The van der Waals surface area contributed by atoms with Crippen molar-refractivity contribution < 1.29 is 14.3 Å². The Labute approximate surface area is 122 Å². The van der Waals surface area contributed by atoms with E-state index in [2.05, 4.69) is 10.4 Å². The number of nitrogens with zero attached hydrogens (tertiary/aromatic N) is 2. The smallest absolute Gasteiger partial charge is 0.287 e. The van der Waals surface area contributed by atoms with Crippen LogP contribution in [0.4, 0.5) is 0 Å². The molecule has 0 bridgehead atoms. The third-order valence-electron chi connectivity index (χ3n) is 3.87. The fourth-order valence-electron chi connectivity index (χ4n) is 2.68. The van der Waals surface area contributed by atoms with Gasteiger partial charge in [0.15, 0.2) is 5.76 Å². The van der Waals surface area contributed by atoms with Crippen LogP contribution < -0.4 is 5.32 Å². The summed E-state index contributed by atoms with van der Waals surface area (Å²) in [6.07, 6.45) is 7.05. The molecular weight excluding hydrogens is 270 g/mol. The Morgan fingerprint density at radius 3 is 2.95 bits per heavy atom. The molecule has 2 heterocycles. The number of rotatable bonds is 5. The van der Waals surface area contributed by atoms with Gasteiger partial charge in [-0.15, -0.1) is 0 Å². The molecule has 1 amide bonds. The van der Waals surface area contributed by atoms with Crippen molar-refractivity contribution in [1.29, 1.82) is 0 Å². The SMILES string of the molecule is O=C(NCC1(O)CCCC1)c1ccc(Cn2cccn2)o1. The van der Waals surface area contributed by atoms with Crippen molar-refractivity contribution >= 4 is 5.91 Å². The summed E-state index contributed by atoms with van der Waals surface area (Å²) in [4.78, 5) is 12.0. The minimum atomic E-state index is -0.750. The van der Waals surface area contributed by atoms with Crippen LogP contribution in [-0.2, 0) is 6.54 Å². The quantitative estimate of drug-likeness (QED) is 0.875. The molecule has 0 atom stereocenters. The number of carbonyl (C=O) groups is 1. The van der Waals surface area contributed by atoms with E-state index in [1.165, 1.54) is 0 Å². The van der Waals surface area contributed by atoms with Crippen LogP contribution in [0.25, 0.3) is 0 Å². The lowest BCUT2D eigenvalue weighted by atomic mass is 10.0. The Morgan fingerprint density at radius 1 is 1.43 bits per heavy atom. The summed E-state index contributed by atoms with van der Waals surface area (Å²) in [6.45, 7) is 0.769. The van der Waals surface area contributed by atoms with E-state index in [0.29, 0.717) is 12.3 Å². The van der Waals surface area contributed by atoms with Crippen LogP contribution in [0.3, 0.4) is 0 Å². The maximum atomic E-state index is 12.0. The average molecular weight is 289 g/mol. The summed E-state index contributed by atoms with van der Waals surface area (Å²) in [5.74, 6) is 0.643. The third-order valence-corrected chi connectivity index (χ3v) is 3.87. The second-order valence-electron chi connectivity index (χ2n) is 5.58. The normalized spacial score (nSPS) is 17.0. The Kier molecular flexibility index (Phi) is 3.79. The first-order valence-corrected chi connectivity index (χ1v) is 7.21. The number of hydrogen-bond acceptors (Lipinski definition) is 4. The van der Waals surface area contributed by atoms with Gasteiger partial charge in [0.25, 0.3) is 5.91 Å². The molecule has 0 aliphatic heterocycles. The van der Waals surface area contributed by atoms with E-state index >= 15 is 0 Å². The first-order chi connectivity index (χ1) is 10.1. The minimum absolute atomic E-state index is 0.263. The van der Waals surface area contributed by atoms with Crippen LogP contribution in [0.15, 0.2) is 35.0 Å². The molecule has 0 radical (unpaired) electrons. The molecule has 1 aliphatic carbocycles. The number of amides is 1. The van der Waals surface area contributed by atoms with E-state index in [1.807, 2.05) is 12.3 Å². The molecule has 0 aromatic carbocycles. The van der Waals surface area contributed by atoms with Crippen molar-refractivity contribution in [3.8, 4) is 0 Å². The molecule has 0 saturated heterocycles. The highest BCUT2D eigenvalue weighted by Crippen LogP contribution is 2.28. The van der Waals surface area contributed by atoms with E-state index in [4.69, 9.17) is 4.42 Å². The Hall–Kier alpha value is -2.08. The second-order valence-corrected chi connectivity index (χ2v) is 5.58. The van der Waals surface area contributed by atoms with Crippen LogP contribution in [0.2, 0.25) is 0 Å². The summed E-state index contributed by atoms with van der Waals surface area (Å²) >= 11 is 0. The molecule has 1 saturated carbocycles. The Morgan fingerprint density at radius 2 is 2.24 bits per heavy atom. The number of hydrogen-bond donors (Lipinski definition) is 2. The van der Waals surface area contributed by atoms with Crippen molar-refractivity contribution in [2.45, 2.75) is 37.8 Å². The number of carbonyl (C=O) groups excluding carboxylic acids is 1. The second kappa shape index (κ2) is 5.73. The van der Waals surface area contributed by atoms with Crippen molar-refractivity contribution in [1.82, 2.24) is 15.1 Å². The highest BCUT2D eigenvalue weighted by Gasteiger charge is 2.31. The standard InChI is InChI=1S/C15H19N3O3/c19-14(16-11-15(20)6-1-2-7-15)13-5-4-12(21-13)10-18-9-3-8-17-18/h3-5,8-9,20H,1-2,6-7,10-11H2,(H,16,19). The van der Waals surface area contributed by atoms with Crippen LogP contribution in [0, 0.1) is 0 Å². The van der Waals surface area contributed by atoms with Gasteiger partial charge in [0.1, 0.15) is 5.76 Å². The van der Waals surface area contributed by atoms with Crippen molar-refractivity contribution in [2.24, 2.45) is 0 Å². The predicted molar refractivity (Wildman–Crippen MR) is 75.8 cm³/mol. The van der Waals surface area contributed by atoms with Crippen molar-refractivity contribution in [3.63, 3.8) is 0 Å². The molecule has 6 nitrogen and oxygen atoms in total. The molecular formula is C15H19N3O3. The largest absolute Gasteiger partial charge is 0.454 e. The molecule has 112 valence electrons. The number of aliphatic hydroxyl groups is 1. The van der Waals surface area contributed by atoms with Crippen LogP contribution in [-0.4, -0.2) is 32.9 Å². The predicted octanol–water partition coefficient (Wildman–Crippen LogP) is 1.56. The number of furan rings is 1. The first kappa shape index (κ1) is 13.9. The highest BCUT2D eigenvalue weighted by atomic mass is 16.4. The lowest BCUT2D eigenvalue weighted by Crippen LogP contribution is -2.40. The lowest BCUT2D eigenvalue weighted by molar-refractivity contribution is 0.0443. The molecule has 1 aliphatic rings. The molecule has 21 heavy (non-hydrogen) atoms. The lowest BCUT2D eigenvalue weighted by Gasteiger charge is -2.21. The van der Waals surface area contributed by atoms with E-state index in [9.17, 15) is 9.90 Å². The third kappa shape index (κ3) is 3.33. The maximum Gasteiger partial charge on any atom is 0.287 e. The van der Waals surface area contributed by atoms with Crippen LogP contribution >= 0.6 is 0 Å². The van der Waals surface area contributed by atoms with Gasteiger partial charge in [-0.25, -0.2) is 0 Å². The van der Waals surface area contributed by atoms with Crippen molar-refractivity contribution in [2.75, 3.05) is 6.54 Å². The number of aromatic nitrogens is 2. The van der Waals surface area contributed by atoms with Gasteiger partial charge in [-0.3, -0.25) is 9.48 Å². The zero-order valence-corrected chi connectivity index (χ0v) is 11.8. The van der Waals surface area contributed by atoms with Crippen molar-refractivity contribution in [3.05, 3.63) is 42.1 Å². The zero-order valence-electron chi connectivity index (χ0n) is 11.8. The summed E-state index contributed by atoms with van der Waals surface area (Å²) < 4.78 is 7.24. The van der Waals surface area contributed by atoms with E-state index in [1.54, 1.807) is 23.0 Å². The topological polar surface area (TPSA) is 80.3 Å². The Bertz CT molecular complexity index is 597. The molecule has 0 unspecified atom stereocenters. The van der Waals surface area contributed by atoms with E-state index < -0.39 is 5.60 Å². The first-order valence-electron chi connectivity index (χ1n) is 7.21. The molecule has 1 fully saturated rings. The van der Waals surface area contributed by atoms with Gasteiger partial charge >= 0.3 is 0 Å².